The Labute approximate surface area is 113 Å². The predicted octanol–water partition coefficient (Wildman–Crippen LogP) is 2.27. The fraction of sp³-hybridized carbons (Fsp3) is 0.500. The molecule has 0 radical (unpaired) electrons. The zero-order valence-corrected chi connectivity index (χ0v) is 11.0. The lowest BCUT2D eigenvalue weighted by atomic mass is 10.2. The highest BCUT2D eigenvalue weighted by molar-refractivity contribution is 5.85. The van der Waals surface area contributed by atoms with Gasteiger partial charge in [-0.15, -0.1) is 12.4 Å². The summed E-state index contributed by atoms with van der Waals surface area (Å²) in [4.78, 5) is 10.0. The van der Waals surface area contributed by atoms with Crippen LogP contribution in [0.2, 0.25) is 0 Å². The number of nitrogens with one attached hydrogen (secondary N) is 1. The van der Waals surface area contributed by atoms with Crippen molar-refractivity contribution in [2.24, 2.45) is 0 Å². The van der Waals surface area contributed by atoms with Gasteiger partial charge in [0, 0.05) is 25.3 Å². The average molecular weight is 275 g/mol. The smallest absolute Gasteiger partial charge is 0.269 e. The zero-order chi connectivity index (χ0) is 12.5. The van der Waals surface area contributed by atoms with Crippen molar-refractivity contribution in [3.8, 4) is 0 Å². The first-order chi connectivity index (χ1) is 8.24. The quantitative estimate of drug-likeness (QED) is 0.433. The average Bonchev–Trinajstić information content (AvgIpc) is 2.34. The Morgan fingerprint density at radius 1 is 1.17 bits per heavy atom. The number of benzene rings is 1. The van der Waals surface area contributed by atoms with Gasteiger partial charge in [-0.05, 0) is 31.4 Å². The second-order valence-electron chi connectivity index (χ2n) is 3.88. The molecule has 2 N–H and O–H groups in total. The minimum Gasteiger partial charge on any atom is -0.396 e. The predicted molar refractivity (Wildman–Crippen MR) is 73.0 cm³/mol. The number of non-ortho nitro benzene ring substituents is 1. The van der Waals surface area contributed by atoms with Crippen molar-refractivity contribution in [3.63, 3.8) is 0 Å². The number of unbranched alkanes of at least 4 members (excludes halogenated alkanes) is 2. The molecule has 0 amide bonds. The zero-order valence-electron chi connectivity index (χ0n) is 10.2. The highest BCUT2D eigenvalue weighted by atomic mass is 35.5. The number of aliphatic hydroxyl groups is 1. The maximum atomic E-state index is 10.4. The first kappa shape index (κ1) is 16.8. The molecule has 0 saturated carbocycles. The second kappa shape index (κ2) is 9.82. The molecule has 0 aliphatic carbocycles. The molecule has 0 aliphatic heterocycles. The third-order valence-electron chi connectivity index (χ3n) is 2.49. The normalized spacial score (nSPS) is 9.83. The van der Waals surface area contributed by atoms with E-state index in [-0.39, 0.29) is 24.7 Å². The van der Waals surface area contributed by atoms with Crippen molar-refractivity contribution in [1.29, 1.82) is 0 Å². The fourth-order valence-electron chi connectivity index (χ4n) is 1.51. The van der Waals surface area contributed by atoms with E-state index in [4.69, 9.17) is 5.11 Å². The topological polar surface area (TPSA) is 75.4 Å². The van der Waals surface area contributed by atoms with Gasteiger partial charge in [0.2, 0.25) is 0 Å². The molecule has 0 aromatic heterocycles. The molecule has 0 spiro atoms. The monoisotopic (exact) mass is 274 g/mol. The second-order valence-corrected chi connectivity index (χ2v) is 3.88. The number of nitro benzene ring substituents is 1. The van der Waals surface area contributed by atoms with Crippen LogP contribution in [-0.2, 0) is 6.54 Å². The lowest BCUT2D eigenvalue weighted by Gasteiger charge is -2.04. The summed E-state index contributed by atoms with van der Waals surface area (Å²) < 4.78 is 0. The number of halogens is 1. The molecular formula is C12H19ClN2O3. The maximum absolute atomic E-state index is 10.4. The largest absolute Gasteiger partial charge is 0.396 e. The van der Waals surface area contributed by atoms with Crippen molar-refractivity contribution < 1.29 is 10.0 Å². The molecule has 0 bridgehead atoms. The van der Waals surface area contributed by atoms with Gasteiger partial charge in [-0.25, -0.2) is 0 Å². The summed E-state index contributed by atoms with van der Waals surface area (Å²) >= 11 is 0. The minimum atomic E-state index is -0.397. The number of rotatable bonds is 8. The summed E-state index contributed by atoms with van der Waals surface area (Å²) in [6.45, 7) is 1.87. The van der Waals surface area contributed by atoms with E-state index in [9.17, 15) is 10.1 Å². The molecular weight excluding hydrogens is 256 g/mol. The van der Waals surface area contributed by atoms with Gasteiger partial charge in [0.1, 0.15) is 0 Å². The summed E-state index contributed by atoms with van der Waals surface area (Å²) in [7, 11) is 0. The number of nitro groups is 1. The van der Waals surface area contributed by atoms with Crippen molar-refractivity contribution in [2.75, 3.05) is 13.2 Å². The summed E-state index contributed by atoms with van der Waals surface area (Å²) in [6, 6.07) is 6.56. The summed E-state index contributed by atoms with van der Waals surface area (Å²) in [5, 5.41) is 22.3. The standard InChI is InChI=1S/C12H18N2O3.ClH/c15-9-3-1-2-8-13-10-11-4-6-12(7-5-11)14(16)17;/h4-7,13,15H,1-3,8-10H2;1H. The molecule has 0 heterocycles. The van der Waals surface area contributed by atoms with Gasteiger partial charge < -0.3 is 10.4 Å². The Morgan fingerprint density at radius 3 is 2.39 bits per heavy atom. The summed E-state index contributed by atoms with van der Waals surface area (Å²) in [5.74, 6) is 0. The molecule has 18 heavy (non-hydrogen) atoms. The Kier molecular flexibility index (Phi) is 9.18. The molecule has 1 aromatic rings. The van der Waals surface area contributed by atoms with Crippen LogP contribution >= 0.6 is 12.4 Å². The number of aliphatic hydroxyl groups excluding tert-OH is 1. The molecule has 1 rings (SSSR count). The van der Waals surface area contributed by atoms with Crippen LogP contribution in [0.15, 0.2) is 24.3 Å². The molecule has 5 nitrogen and oxygen atoms in total. The van der Waals surface area contributed by atoms with Gasteiger partial charge in [-0.2, -0.15) is 0 Å². The summed E-state index contributed by atoms with van der Waals surface area (Å²) in [6.07, 6.45) is 2.90. The Morgan fingerprint density at radius 2 is 1.83 bits per heavy atom. The van der Waals surface area contributed by atoms with Crippen LogP contribution in [0, 0.1) is 10.1 Å². The lowest BCUT2D eigenvalue weighted by Crippen LogP contribution is -2.14. The highest BCUT2D eigenvalue weighted by Crippen LogP contribution is 2.11. The van der Waals surface area contributed by atoms with Crippen LogP contribution in [-0.4, -0.2) is 23.2 Å². The lowest BCUT2D eigenvalue weighted by molar-refractivity contribution is -0.384. The van der Waals surface area contributed by atoms with Gasteiger partial charge in [0.05, 0.1) is 4.92 Å². The van der Waals surface area contributed by atoms with E-state index in [1.165, 1.54) is 12.1 Å². The number of nitrogens with zero attached hydrogens (tertiary/aromatic N) is 1. The SMILES string of the molecule is Cl.O=[N+]([O-])c1ccc(CNCCCCCO)cc1. The van der Waals surface area contributed by atoms with Crippen molar-refractivity contribution in [2.45, 2.75) is 25.8 Å². The van der Waals surface area contributed by atoms with Gasteiger partial charge in [0.25, 0.3) is 5.69 Å². The molecule has 102 valence electrons. The number of hydrogen-bond acceptors (Lipinski definition) is 4. The third-order valence-corrected chi connectivity index (χ3v) is 2.49. The molecule has 0 aliphatic rings. The Bertz CT molecular complexity index is 344. The van der Waals surface area contributed by atoms with Gasteiger partial charge in [-0.3, -0.25) is 10.1 Å². The first-order valence-electron chi connectivity index (χ1n) is 5.79. The van der Waals surface area contributed by atoms with Crippen molar-refractivity contribution in [3.05, 3.63) is 39.9 Å². The van der Waals surface area contributed by atoms with Crippen molar-refractivity contribution in [1.82, 2.24) is 5.32 Å². The van der Waals surface area contributed by atoms with Gasteiger partial charge >= 0.3 is 0 Å². The van der Waals surface area contributed by atoms with Crippen LogP contribution in [0.3, 0.4) is 0 Å². The summed E-state index contributed by atoms with van der Waals surface area (Å²) in [5.41, 5.74) is 1.16. The van der Waals surface area contributed by atoms with Crippen LogP contribution in [0.5, 0.6) is 0 Å². The van der Waals surface area contributed by atoms with E-state index < -0.39 is 4.92 Å². The molecule has 0 unspecified atom stereocenters. The van der Waals surface area contributed by atoms with Crippen molar-refractivity contribution >= 4 is 18.1 Å². The van der Waals surface area contributed by atoms with E-state index in [1.54, 1.807) is 12.1 Å². The minimum absolute atomic E-state index is 0. The Hall–Kier alpha value is -1.17. The molecule has 0 saturated heterocycles. The van der Waals surface area contributed by atoms with E-state index in [0.29, 0.717) is 0 Å². The number of hydrogen-bond donors (Lipinski definition) is 2. The molecule has 0 atom stereocenters. The molecule has 1 aromatic carbocycles. The van der Waals surface area contributed by atoms with Crippen LogP contribution in [0.4, 0.5) is 5.69 Å². The van der Waals surface area contributed by atoms with E-state index in [0.717, 1.165) is 37.9 Å². The Balaban J connectivity index is 0.00000289. The van der Waals surface area contributed by atoms with E-state index in [1.807, 2.05) is 0 Å². The van der Waals surface area contributed by atoms with E-state index in [2.05, 4.69) is 5.32 Å². The highest BCUT2D eigenvalue weighted by Gasteiger charge is 2.03. The van der Waals surface area contributed by atoms with Gasteiger partial charge in [-0.1, -0.05) is 12.1 Å². The maximum Gasteiger partial charge on any atom is 0.269 e. The van der Waals surface area contributed by atoms with Crippen LogP contribution in [0.25, 0.3) is 0 Å². The van der Waals surface area contributed by atoms with Gasteiger partial charge in [0.15, 0.2) is 0 Å². The van der Waals surface area contributed by atoms with Crippen LogP contribution in [0.1, 0.15) is 24.8 Å². The van der Waals surface area contributed by atoms with Crippen LogP contribution < -0.4 is 5.32 Å². The molecule has 6 heteroatoms. The third kappa shape index (κ3) is 6.54. The molecule has 0 fully saturated rings. The first-order valence-corrected chi connectivity index (χ1v) is 5.79. The van der Waals surface area contributed by atoms with E-state index >= 15 is 0 Å². The fourth-order valence-corrected chi connectivity index (χ4v) is 1.51.